The number of anilines is 1. The summed E-state index contributed by atoms with van der Waals surface area (Å²) in [4.78, 5) is 15.6. The van der Waals surface area contributed by atoms with E-state index in [1.54, 1.807) is 11.6 Å². The van der Waals surface area contributed by atoms with Crippen LogP contribution in [0.4, 0.5) is 5.82 Å². The van der Waals surface area contributed by atoms with Crippen molar-refractivity contribution in [3.8, 4) is 0 Å². The monoisotopic (exact) mass is 240 g/mol. The molecule has 1 aromatic rings. The number of morpholine rings is 1. The summed E-state index contributed by atoms with van der Waals surface area (Å²) in [7, 11) is 1.31. The van der Waals surface area contributed by atoms with Gasteiger partial charge in [0, 0.05) is 0 Å². The Kier molecular flexibility index (Phi) is 3.19. The Labute approximate surface area is 99.1 Å². The first kappa shape index (κ1) is 11.7. The van der Waals surface area contributed by atoms with Crippen molar-refractivity contribution in [3.05, 3.63) is 11.5 Å². The van der Waals surface area contributed by atoms with Crippen LogP contribution < -0.4 is 10.7 Å². The smallest absolute Gasteiger partial charge is 0.360 e. The lowest BCUT2D eigenvalue weighted by Crippen LogP contribution is -2.45. The van der Waals surface area contributed by atoms with Crippen LogP contribution in [0, 0.1) is 6.92 Å². The summed E-state index contributed by atoms with van der Waals surface area (Å²) in [6, 6.07) is 0. The molecule has 1 saturated heterocycles. The minimum Gasteiger partial charge on any atom is -0.464 e. The Morgan fingerprint density at radius 3 is 2.71 bits per heavy atom. The number of aromatic nitrogens is 2. The number of nitrogen functional groups attached to an aromatic ring is 1. The first-order valence-corrected chi connectivity index (χ1v) is 5.41. The van der Waals surface area contributed by atoms with Gasteiger partial charge in [-0.25, -0.2) is 14.5 Å². The lowest BCUT2D eigenvalue weighted by molar-refractivity contribution is 0.0595. The van der Waals surface area contributed by atoms with Gasteiger partial charge in [-0.3, -0.25) is 0 Å². The highest BCUT2D eigenvalue weighted by molar-refractivity contribution is 5.92. The molecular formula is C10H16N4O3. The molecule has 0 saturated carbocycles. The number of aryl methyl sites for hydroxylation is 1. The molecule has 1 fully saturated rings. The molecule has 2 N–H and O–H groups in total. The van der Waals surface area contributed by atoms with E-state index < -0.39 is 5.97 Å². The summed E-state index contributed by atoms with van der Waals surface area (Å²) in [5, 5.41) is 2.01. The van der Waals surface area contributed by atoms with Crippen LogP contribution in [0.15, 0.2) is 0 Å². The highest BCUT2D eigenvalue weighted by Crippen LogP contribution is 2.16. The van der Waals surface area contributed by atoms with Crippen molar-refractivity contribution in [2.75, 3.05) is 44.2 Å². The van der Waals surface area contributed by atoms with Crippen LogP contribution in [-0.4, -0.2) is 49.0 Å². The number of nitrogens with zero attached hydrogens (tertiary/aromatic N) is 3. The fourth-order valence-electron chi connectivity index (χ4n) is 1.90. The lowest BCUT2D eigenvalue weighted by Gasteiger charge is -2.30. The summed E-state index contributed by atoms with van der Waals surface area (Å²) < 4.78 is 11.6. The van der Waals surface area contributed by atoms with Crippen LogP contribution in [0.5, 0.6) is 0 Å². The van der Waals surface area contributed by atoms with Gasteiger partial charge >= 0.3 is 5.97 Å². The molecule has 0 unspecified atom stereocenters. The van der Waals surface area contributed by atoms with E-state index in [-0.39, 0.29) is 5.69 Å². The third-order valence-corrected chi connectivity index (χ3v) is 2.70. The first-order valence-electron chi connectivity index (χ1n) is 5.41. The molecule has 7 heteroatoms. The molecule has 0 atom stereocenters. The van der Waals surface area contributed by atoms with Gasteiger partial charge in [0.1, 0.15) is 5.82 Å². The standard InChI is InChI=1S/C10H16N4O3/c1-7-12-8(10(15)16-2)9(11)14(7)13-3-5-17-6-4-13/h3-6,11H2,1-2H3. The molecule has 17 heavy (non-hydrogen) atoms. The average molecular weight is 240 g/mol. The summed E-state index contributed by atoms with van der Waals surface area (Å²) in [5.74, 6) is 0.471. The lowest BCUT2D eigenvalue weighted by atomic mass is 10.4. The van der Waals surface area contributed by atoms with E-state index in [0.717, 1.165) is 13.1 Å². The average Bonchev–Trinajstić information content (AvgIpc) is 2.65. The zero-order valence-corrected chi connectivity index (χ0v) is 9.97. The molecule has 2 heterocycles. The Bertz CT molecular complexity index is 423. The molecule has 2 rings (SSSR count). The topological polar surface area (TPSA) is 82.6 Å². The molecule has 0 radical (unpaired) electrons. The number of imidazole rings is 1. The highest BCUT2D eigenvalue weighted by atomic mass is 16.5. The second-order valence-corrected chi connectivity index (χ2v) is 3.76. The number of carbonyl (C=O) groups is 1. The predicted molar refractivity (Wildman–Crippen MR) is 61.5 cm³/mol. The summed E-state index contributed by atoms with van der Waals surface area (Å²) in [6.45, 7) is 4.54. The van der Waals surface area contributed by atoms with Crippen LogP contribution in [-0.2, 0) is 9.47 Å². The van der Waals surface area contributed by atoms with Gasteiger partial charge in [0.2, 0.25) is 0 Å². The summed E-state index contributed by atoms with van der Waals surface area (Å²) in [5.41, 5.74) is 6.09. The van der Waals surface area contributed by atoms with E-state index in [1.807, 2.05) is 5.01 Å². The van der Waals surface area contributed by atoms with E-state index in [2.05, 4.69) is 9.72 Å². The van der Waals surface area contributed by atoms with Gasteiger partial charge in [-0.05, 0) is 6.92 Å². The summed E-state index contributed by atoms with van der Waals surface area (Å²) in [6.07, 6.45) is 0. The van der Waals surface area contributed by atoms with Crippen molar-refractivity contribution < 1.29 is 14.3 Å². The second kappa shape index (κ2) is 4.62. The normalized spacial score (nSPS) is 16.0. The molecule has 0 amide bonds. The van der Waals surface area contributed by atoms with E-state index in [9.17, 15) is 4.79 Å². The Hall–Kier alpha value is -1.76. The van der Waals surface area contributed by atoms with Crippen LogP contribution in [0.2, 0.25) is 0 Å². The maximum atomic E-state index is 11.5. The molecule has 0 aromatic carbocycles. The van der Waals surface area contributed by atoms with Crippen molar-refractivity contribution in [3.63, 3.8) is 0 Å². The molecule has 0 bridgehead atoms. The van der Waals surface area contributed by atoms with E-state index >= 15 is 0 Å². The second-order valence-electron chi connectivity index (χ2n) is 3.76. The van der Waals surface area contributed by atoms with Gasteiger partial charge in [-0.1, -0.05) is 0 Å². The van der Waals surface area contributed by atoms with Crippen molar-refractivity contribution in [1.82, 2.24) is 9.66 Å². The fraction of sp³-hybridized carbons (Fsp3) is 0.600. The minimum absolute atomic E-state index is 0.163. The Balaban J connectivity index is 2.33. The van der Waals surface area contributed by atoms with E-state index in [0.29, 0.717) is 24.9 Å². The number of esters is 1. The SMILES string of the molecule is COC(=O)c1nc(C)n(N2CCOCC2)c1N. The zero-order chi connectivity index (χ0) is 12.4. The number of carbonyl (C=O) groups excluding carboxylic acids is 1. The molecule has 94 valence electrons. The molecule has 1 aliphatic rings. The Morgan fingerprint density at radius 2 is 2.12 bits per heavy atom. The summed E-state index contributed by atoms with van der Waals surface area (Å²) >= 11 is 0. The molecule has 1 aliphatic heterocycles. The number of hydrogen-bond acceptors (Lipinski definition) is 6. The maximum absolute atomic E-state index is 11.5. The first-order chi connectivity index (χ1) is 8.15. The third-order valence-electron chi connectivity index (χ3n) is 2.70. The van der Waals surface area contributed by atoms with Crippen LogP contribution in [0.3, 0.4) is 0 Å². The van der Waals surface area contributed by atoms with Gasteiger partial charge in [0.25, 0.3) is 0 Å². The van der Waals surface area contributed by atoms with Crippen LogP contribution >= 0.6 is 0 Å². The number of ether oxygens (including phenoxy) is 2. The molecular weight excluding hydrogens is 224 g/mol. The fourth-order valence-corrected chi connectivity index (χ4v) is 1.90. The molecule has 0 spiro atoms. The van der Waals surface area contributed by atoms with Crippen molar-refractivity contribution >= 4 is 11.8 Å². The van der Waals surface area contributed by atoms with Gasteiger partial charge in [-0.2, -0.15) is 0 Å². The van der Waals surface area contributed by atoms with E-state index in [4.69, 9.17) is 10.5 Å². The van der Waals surface area contributed by atoms with Gasteiger partial charge in [0.15, 0.2) is 11.5 Å². The minimum atomic E-state index is -0.516. The molecule has 0 aliphatic carbocycles. The van der Waals surface area contributed by atoms with Crippen molar-refractivity contribution in [2.24, 2.45) is 0 Å². The van der Waals surface area contributed by atoms with Gasteiger partial charge < -0.3 is 20.2 Å². The largest absolute Gasteiger partial charge is 0.464 e. The van der Waals surface area contributed by atoms with Crippen LogP contribution in [0.25, 0.3) is 0 Å². The van der Waals surface area contributed by atoms with Crippen LogP contribution in [0.1, 0.15) is 16.3 Å². The zero-order valence-electron chi connectivity index (χ0n) is 9.97. The predicted octanol–water partition coefficient (Wildman–Crippen LogP) is -0.471. The number of methoxy groups -OCH3 is 1. The number of rotatable bonds is 2. The van der Waals surface area contributed by atoms with E-state index in [1.165, 1.54) is 7.11 Å². The molecule has 7 nitrogen and oxygen atoms in total. The highest BCUT2D eigenvalue weighted by Gasteiger charge is 2.23. The molecule has 1 aromatic heterocycles. The quantitative estimate of drug-likeness (QED) is 0.704. The maximum Gasteiger partial charge on any atom is 0.360 e. The number of nitrogens with two attached hydrogens (primary N) is 1. The third kappa shape index (κ3) is 2.05. The van der Waals surface area contributed by atoms with Crippen molar-refractivity contribution in [2.45, 2.75) is 6.92 Å². The Morgan fingerprint density at radius 1 is 1.47 bits per heavy atom. The van der Waals surface area contributed by atoms with Gasteiger partial charge in [-0.15, -0.1) is 0 Å². The number of hydrogen-bond donors (Lipinski definition) is 1. The van der Waals surface area contributed by atoms with Gasteiger partial charge in [0.05, 0.1) is 33.4 Å². The van der Waals surface area contributed by atoms with Crippen molar-refractivity contribution in [1.29, 1.82) is 0 Å².